The number of nitrogens with zero attached hydrogens (tertiary/aromatic N) is 2. The highest BCUT2D eigenvalue weighted by Crippen LogP contribution is 2.34. The van der Waals surface area contributed by atoms with Crippen molar-refractivity contribution in [2.24, 2.45) is 0 Å². The first-order chi connectivity index (χ1) is 25.6. The Bertz CT molecular complexity index is 2590. The monoisotopic (exact) mass is 660 g/mol. The van der Waals surface area contributed by atoms with E-state index in [0.29, 0.717) is 11.1 Å². The fourth-order valence-corrected chi connectivity index (χ4v) is 6.76. The molecule has 0 amide bonds. The summed E-state index contributed by atoms with van der Waals surface area (Å²) in [6, 6.07) is 71.5. The zero-order chi connectivity index (χ0) is 35.3. The molecule has 0 spiro atoms. The third-order valence-electron chi connectivity index (χ3n) is 9.52. The molecule has 2 nitrogen and oxygen atoms in total. The smallest absolute Gasteiger partial charge is 0.0992 e. The van der Waals surface area contributed by atoms with Gasteiger partial charge in [-0.2, -0.15) is 10.5 Å². The van der Waals surface area contributed by atoms with Gasteiger partial charge in [0.1, 0.15) is 0 Å². The maximum atomic E-state index is 9.93. The molecule has 0 fully saturated rings. The van der Waals surface area contributed by atoms with Gasteiger partial charge in [0.05, 0.1) is 23.3 Å². The SMILES string of the molecule is N#Cc1cc(-c2ccc(-c3ccccc3)cc2)cc(-c2ccc(-c3cccc(-c4cc(C#N)cc(-c5ccc(-c6ccccc6)cc5)c4)c3)cc2)c1. The van der Waals surface area contributed by atoms with Gasteiger partial charge in [0.2, 0.25) is 0 Å². The number of rotatable bonds is 7. The predicted molar refractivity (Wildman–Crippen MR) is 214 cm³/mol. The average molecular weight is 661 g/mol. The van der Waals surface area contributed by atoms with Crippen molar-refractivity contribution in [1.29, 1.82) is 10.5 Å². The topological polar surface area (TPSA) is 47.6 Å². The summed E-state index contributed by atoms with van der Waals surface area (Å²) in [5, 5.41) is 19.8. The normalized spacial score (nSPS) is 10.7. The minimum atomic E-state index is 0.625. The lowest BCUT2D eigenvalue weighted by atomic mass is 9.92. The van der Waals surface area contributed by atoms with Crippen LogP contribution in [0.3, 0.4) is 0 Å². The molecule has 0 aromatic heterocycles. The van der Waals surface area contributed by atoms with Gasteiger partial charge in [-0.15, -0.1) is 0 Å². The van der Waals surface area contributed by atoms with Crippen LogP contribution in [0.1, 0.15) is 11.1 Å². The van der Waals surface area contributed by atoms with Gasteiger partial charge in [-0.05, 0) is 120 Å². The zero-order valence-electron chi connectivity index (χ0n) is 28.4. The molecule has 0 unspecified atom stereocenters. The second-order valence-electron chi connectivity index (χ2n) is 12.9. The molecule has 0 saturated heterocycles. The molecular weight excluding hydrogens is 629 g/mol. The molecule has 0 radical (unpaired) electrons. The van der Waals surface area contributed by atoms with Gasteiger partial charge in [-0.25, -0.2) is 0 Å². The standard InChI is InChI=1S/C50H32N2/c51-33-35-26-47(42-20-14-39(15-21-42)37-8-3-1-4-9-37)31-48(27-35)44-24-18-41(19-25-44)45-12-7-13-46(30-45)50-29-36(34-52)28-49(32-50)43-22-16-40(17-23-43)38-10-5-2-6-11-38/h1-32H. The Kier molecular flexibility index (Phi) is 8.80. The second kappa shape index (κ2) is 14.3. The molecule has 0 aliphatic heterocycles. The first kappa shape index (κ1) is 32.0. The lowest BCUT2D eigenvalue weighted by Crippen LogP contribution is -1.88. The number of hydrogen-bond acceptors (Lipinski definition) is 2. The molecule has 8 aromatic rings. The van der Waals surface area contributed by atoms with E-state index in [-0.39, 0.29) is 0 Å². The summed E-state index contributed by atoms with van der Waals surface area (Å²) in [7, 11) is 0. The summed E-state index contributed by atoms with van der Waals surface area (Å²) in [4.78, 5) is 0. The quantitative estimate of drug-likeness (QED) is 0.171. The molecule has 0 N–H and O–H groups in total. The van der Waals surface area contributed by atoms with Crippen molar-refractivity contribution in [3.63, 3.8) is 0 Å². The van der Waals surface area contributed by atoms with Gasteiger partial charge >= 0.3 is 0 Å². The van der Waals surface area contributed by atoms with Crippen LogP contribution >= 0.6 is 0 Å². The average Bonchev–Trinajstić information content (AvgIpc) is 3.24. The van der Waals surface area contributed by atoms with Crippen LogP contribution in [0.2, 0.25) is 0 Å². The molecule has 0 bridgehead atoms. The number of benzene rings is 8. The van der Waals surface area contributed by atoms with Crippen molar-refractivity contribution in [3.05, 3.63) is 205 Å². The number of nitriles is 2. The van der Waals surface area contributed by atoms with Gasteiger partial charge in [0, 0.05) is 0 Å². The Hall–Kier alpha value is -7.26. The van der Waals surface area contributed by atoms with E-state index < -0.39 is 0 Å². The lowest BCUT2D eigenvalue weighted by molar-refractivity contribution is 1.47. The van der Waals surface area contributed by atoms with Gasteiger partial charge < -0.3 is 0 Å². The Morgan fingerprint density at radius 3 is 0.788 bits per heavy atom. The molecule has 0 saturated carbocycles. The Morgan fingerprint density at radius 2 is 0.442 bits per heavy atom. The molecule has 8 aromatic carbocycles. The highest BCUT2D eigenvalue weighted by Gasteiger charge is 2.10. The summed E-state index contributed by atoms with van der Waals surface area (Å²) in [5.74, 6) is 0. The third-order valence-corrected chi connectivity index (χ3v) is 9.52. The van der Waals surface area contributed by atoms with E-state index in [1.807, 2.05) is 60.7 Å². The van der Waals surface area contributed by atoms with Crippen LogP contribution in [0, 0.1) is 22.7 Å². The fourth-order valence-electron chi connectivity index (χ4n) is 6.76. The molecule has 0 heterocycles. The molecule has 2 heteroatoms. The first-order valence-electron chi connectivity index (χ1n) is 17.3. The van der Waals surface area contributed by atoms with Crippen molar-refractivity contribution in [2.75, 3.05) is 0 Å². The van der Waals surface area contributed by atoms with E-state index in [0.717, 1.165) is 66.8 Å². The van der Waals surface area contributed by atoms with Crippen molar-refractivity contribution in [2.45, 2.75) is 0 Å². The molecule has 52 heavy (non-hydrogen) atoms. The van der Waals surface area contributed by atoms with Crippen LogP contribution in [-0.2, 0) is 0 Å². The Labute approximate surface area is 304 Å². The minimum Gasteiger partial charge on any atom is -0.192 e. The molecular formula is C50H32N2. The van der Waals surface area contributed by atoms with Gasteiger partial charge in [-0.1, -0.05) is 152 Å². The largest absolute Gasteiger partial charge is 0.192 e. The maximum absolute atomic E-state index is 9.93. The second-order valence-corrected chi connectivity index (χ2v) is 12.9. The zero-order valence-corrected chi connectivity index (χ0v) is 28.4. The van der Waals surface area contributed by atoms with Crippen molar-refractivity contribution in [3.8, 4) is 90.0 Å². The number of hydrogen-bond donors (Lipinski definition) is 0. The molecule has 242 valence electrons. The van der Waals surface area contributed by atoms with Crippen LogP contribution in [0.15, 0.2) is 194 Å². The van der Waals surface area contributed by atoms with Gasteiger partial charge in [0.15, 0.2) is 0 Å². The van der Waals surface area contributed by atoms with E-state index in [4.69, 9.17) is 0 Å². The van der Waals surface area contributed by atoms with Crippen molar-refractivity contribution >= 4 is 0 Å². The summed E-state index contributed by atoms with van der Waals surface area (Å²) in [5.41, 5.74) is 16.3. The van der Waals surface area contributed by atoms with Crippen LogP contribution < -0.4 is 0 Å². The van der Waals surface area contributed by atoms with Crippen molar-refractivity contribution in [1.82, 2.24) is 0 Å². The van der Waals surface area contributed by atoms with E-state index in [1.165, 1.54) is 11.1 Å². The molecule has 0 aliphatic carbocycles. The molecule has 0 atom stereocenters. The minimum absolute atomic E-state index is 0.625. The van der Waals surface area contributed by atoms with E-state index in [2.05, 4.69) is 146 Å². The van der Waals surface area contributed by atoms with Crippen LogP contribution in [0.25, 0.3) is 77.9 Å². The highest BCUT2D eigenvalue weighted by molar-refractivity contribution is 5.81. The third kappa shape index (κ3) is 6.79. The first-order valence-corrected chi connectivity index (χ1v) is 17.3. The molecule has 8 rings (SSSR count). The summed E-state index contributed by atoms with van der Waals surface area (Å²) < 4.78 is 0. The van der Waals surface area contributed by atoms with Crippen LogP contribution in [-0.4, -0.2) is 0 Å². The molecule has 0 aliphatic rings. The Balaban J connectivity index is 1.06. The fraction of sp³-hybridized carbons (Fsp3) is 0. The van der Waals surface area contributed by atoms with E-state index in [9.17, 15) is 10.5 Å². The predicted octanol–water partition coefficient (Wildman–Crippen LogP) is 13.1. The Morgan fingerprint density at radius 1 is 0.212 bits per heavy atom. The maximum Gasteiger partial charge on any atom is 0.0992 e. The van der Waals surface area contributed by atoms with Gasteiger partial charge in [-0.3, -0.25) is 0 Å². The summed E-state index contributed by atoms with van der Waals surface area (Å²) >= 11 is 0. The van der Waals surface area contributed by atoms with E-state index >= 15 is 0 Å². The van der Waals surface area contributed by atoms with E-state index in [1.54, 1.807) is 0 Å². The highest BCUT2D eigenvalue weighted by atomic mass is 14.2. The lowest BCUT2D eigenvalue weighted by Gasteiger charge is -2.11. The van der Waals surface area contributed by atoms with Crippen LogP contribution in [0.4, 0.5) is 0 Å². The summed E-state index contributed by atoms with van der Waals surface area (Å²) in [6.45, 7) is 0. The summed E-state index contributed by atoms with van der Waals surface area (Å²) in [6.07, 6.45) is 0. The van der Waals surface area contributed by atoms with Crippen molar-refractivity contribution < 1.29 is 0 Å². The van der Waals surface area contributed by atoms with Crippen LogP contribution in [0.5, 0.6) is 0 Å². The van der Waals surface area contributed by atoms with Gasteiger partial charge in [0.25, 0.3) is 0 Å².